The molecular formula is C32H28N2O3. The van der Waals surface area contributed by atoms with Crippen molar-refractivity contribution in [3.05, 3.63) is 119 Å². The Hall–Kier alpha value is -4.38. The van der Waals surface area contributed by atoms with Gasteiger partial charge in [0.15, 0.2) is 0 Å². The van der Waals surface area contributed by atoms with Crippen molar-refractivity contribution in [3.63, 3.8) is 0 Å². The number of rotatable bonds is 5. The molecule has 1 aliphatic rings. The van der Waals surface area contributed by atoms with Gasteiger partial charge in [-0.05, 0) is 47.4 Å². The number of esters is 1. The van der Waals surface area contributed by atoms with Gasteiger partial charge in [0.25, 0.3) is 5.91 Å². The molecule has 2 heterocycles. The predicted molar refractivity (Wildman–Crippen MR) is 146 cm³/mol. The van der Waals surface area contributed by atoms with Crippen LogP contribution >= 0.6 is 0 Å². The number of para-hydroxylation sites is 1. The minimum Gasteiger partial charge on any atom is -0.468 e. The molecule has 0 bridgehead atoms. The molecule has 5 heteroatoms. The molecule has 0 N–H and O–H groups in total. The molecule has 1 amide bonds. The maximum atomic E-state index is 13.9. The second-order valence-corrected chi connectivity index (χ2v) is 9.62. The molecule has 37 heavy (non-hydrogen) atoms. The average molecular weight is 489 g/mol. The maximum absolute atomic E-state index is 13.9. The zero-order chi connectivity index (χ0) is 25.5. The first-order chi connectivity index (χ1) is 18.1. The quantitative estimate of drug-likeness (QED) is 0.284. The van der Waals surface area contributed by atoms with Crippen LogP contribution in [0.1, 0.15) is 39.0 Å². The van der Waals surface area contributed by atoms with Crippen molar-refractivity contribution in [2.45, 2.75) is 18.4 Å². The van der Waals surface area contributed by atoms with Crippen LogP contribution in [0.2, 0.25) is 0 Å². The molecule has 6 rings (SSSR count). The van der Waals surface area contributed by atoms with E-state index in [4.69, 9.17) is 4.74 Å². The molecule has 0 radical (unpaired) electrons. The third-order valence-electron chi connectivity index (χ3n) is 7.66. The van der Waals surface area contributed by atoms with E-state index >= 15 is 0 Å². The Labute approximate surface area is 215 Å². The van der Waals surface area contributed by atoms with Gasteiger partial charge in [-0.3, -0.25) is 9.59 Å². The van der Waals surface area contributed by atoms with Gasteiger partial charge in [0.2, 0.25) is 0 Å². The number of carbonyl (C=O) groups excluding carboxylic acids is 2. The SMILES string of the molecule is COC(=O)[C@@H]1c2ccccc2C(=O)N(CCc2ccccc2)[C@@H]1c1ccc2c(c1)c1ccccc1n2C. The molecule has 5 nitrogen and oxygen atoms in total. The van der Waals surface area contributed by atoms with E-state index in [0.717, 1.165) is 38.5 Å². The molecule has 1 aliphatic heterocycles. The molecule has 2 atom stereocenters. The molecule has 0 saturated heterocycles. The highest BCUT2D eigenvalue weighted by molar-refractivity contribution is 6.08. The number of carbonyl (C=O) groups is 2. The largest absolute Gasteiger partial charge is 0.468 e. The van der Waals surface area contributed by atoms with Gasteiger partial charge in [0, 0.05) is 41.0 Å². The van der Waals surface area contributed by atoms with Gasteiger partial charge in [-0.2, -0.15) is 0 Å². The highest BCUT2D eigenvalue weighted by Crippen LogP contribution is 2.44. The smallest absolute Gasteiger partial charge is 0.315 e. The third-order valence-corrected chi connectivity index (χ3v) is 7.66. The number of benzene rings is 4. The van der Waals surface area contributed by atoms with Crippen molar-refractivity contribution in [3.8, 4) is 0 Å². The molecule has 0 saturated carbocycles. The van der Waals surface area contributed by atoms with E-state index in [9.17, 15) is 9.59 Å². The van der Waals surface area contributed by atoms with Gasteiger partial charge in [-0.1, -0.05) is 72.8 Å². The van der Waals surface area contributed by atoms with Crippen LogP contribution in [0.3, 0.4) is 0 Å². The summed E-state index contributed by atoms with van der Waals surface area (Å²) in [7, 11) is 3.48. The molecule has 0 spiro atoms. The number of fused-ring (bicyclic) bond motifs is 4. The monoisotopic (exact) mass is 488 g/mol. The first-order valence-electron chi connectivity index (χ1n) is 12.6. The van der Waals surface area contributed by atoms with E-state index in [0.29, 0.717) is 18.5 Å². The summed E-state index contributed by atoms with van der Waals surface area (Å²) >= 11 is 0. The lowest BCUT2D eigenvalue weighted by atomic mass is 9.79. The van der Waals surface area contributed by atoms with Crippen LogP contribution in [0.15, 0.2) is 97.1 Å². The summed E-state index contributed by atoms with van der Waals surface area (Å²) in [6.45, 7) is 0.489. The minimum atomic E-state index is -0.623. The van der Waals surface area contributed by atoms with Crippen molar-refractivity contribution in [1.82, 2.24) is 9.47 Å². The normalized spacial score (nSPS) is 17.2. The van der Waals surface area contributed by atoms with E-state index < -0.39 is 12.0 Å². The number of ether oxygens (including phenoxy) is 1. The van der Waals surface area contributed by atoms with Gasteiger partial charge in [-0.15, -0.1) is 0 Å². The summed E-state index contributed by atoms with van der Waals surface area (Å²) in [4.78, 5) is 29.1. The second-order valence-electron chi connectivity index (χ2n) is 9.62. The summed E-state index contributed by atoms with van der Waals surface area (Å²) in [6.07, 6.45) is 0.690. The van der Waals surface area contributed by atoms with Gasteiger partial charge < -0.3 is 14.2 Å². The molecule has 1 aromatic heterocycles. The summed E-state index contributed by atoms with van der Waals surface area (Å²) in [5.41, 5.74) is 5.61. The van der Waals surface area contributed by atoms with E-state index in [1.54, 1.807) is 0 Å². The topological polar surface area (TPSA) is 51.5 Å². The zero-order valence-electron chi connectivity index (χ0n) is 20.9. The van der Waals surface area contributed by atoms with Crippen molar-refractivity contribution >= 4 is 33.7 Å². The van der Waals surface area contributed by atoms with Crippen LogP contribution in [0, 0.1) is 0 Å². The van der Waals surface area contributed by atoms with Crippen LogP contribution in [-0.2, 0) is 23.0 Å². The highest BCUT2D eigenvalue weighted by Gasteiger charge is 2.44. The van der Waals surface area contributed by atoms with Crippen LogP contribution < -0.4 is 0 Å². The number of methoxy groups -OCH3 is 1. The van der Waals surface area contributed by atoms with Gasteiger partial charge in [-0.25, -0.2) is 0 Å². The first-order valence-corrected chi connectivity index (χ1v) is 12.6. The maximum Gasteiger partial charge on any atom is 0.315 e. The van der Waals surface area contributed by atoms with Crippen molar-refractivity contribution in [2.24, 2.45) is 7.05 Å². The lowest BCUT2D eigenvalue weighted by Crippen LogP contribution is -2.46. The average Bonchev–Trinajstić information content (AvgIpc) is 3.24. The number of nitrogens with zero attached hydrogens (tertiary/aromatic N) is 2. The third kappa shape index (κ3) is 3.78. The van der Waals surface area contributed by atoms with Crippen LogP contribution in [0.5, 0.6) is 0 Å². The molecule has 184 valence electrons. The number of aryl methyl sites for hydroxylation is 1. The Morgan fingerprint density at radius 2 is 1.54 bits per heavy atom. The predicted octanol–water partition coefficient (Wildman–Crippen LogP) is 6.03. The number of hydrogen-bond donors (Lipinski definition) is 0. The fourth-order valence-electron chi connectivity index (χ4n) is 5.85. The fourth-order valence-corrected chi connectivity index (χ4v) is 5.85. The van der Waals surface area contributed by atoms with Crippen molar-refractivity contribution < 1.29 is 14.3 Å². The van der Waals surface area contributed by atoms with Gasteiger partial charge >= 0.3 is 5.97 Å². The lowest BCUT2D eigenvalue weighted by molar-refractivity contribution is -0.144. The van der Waals surface area contributed by atoms with Gasteiger partial charge in [0.1, 0.15) is 5.92 Å². The van der Waals surface area contributed by atoms with E-state index in [2.05, 4.69) is 54.1 Å². The van der Waals surface area contributed by atoms with Crippen LogP contribution in [-0.4, -0.2) is 35.0 Å². The molecule has 5 aromatic rings. The lowest BCUT2D eigenvalue weighted by Gasteiger charge is -2.41. The van der Waals surface area contributed by atoms with Crippen molar-refractivity contribution in [1.29, 1.82) is 0 Å². The molecule has 4 aromatic carbocycles. The van der Waals surface area contributed by atoms with E-state index in [-0.39, 0.29) is 11.9 Å². The van der Waals surface area contributed by atoms with Gasteiger partial charge in [0.05, 0.1) is 13.2 Å². The summed E-state index contributed by atoms with van der Waals surface area (Å²) in [5, 5.41) is 2.25. The second kappa shape index (κ2) is 9.25. The Kier molecular flexibility index (Phi) is 5.76. The minimum absolute atomic E-state index is 0.0605. The van der Waals surface area contributed by atoms with E-state index in [1.807, 2.05) is 59.5 Å². The van der Waals surface area contributed by atoms with Crippen LogP contribution in [0.25, 0.3) is 21.8 Å². The molecule has 0 aliphatic carbocycles. The first kappa shape index (κ1) is 23.0. The highest BCUT2D eigenvalue weighted by atomic mass is 16.5. The summed E-state index contributed by atoms with van der Waals surface area (Å²) in [5.74, 6) is -1.02. The summed E-state index contributed by atoms with van der Waals surface area (Å²) in [6, 6.07) is 31.7. The number of amides is 1. The molecule has 0 unspecified atom stereocenters. The standard InChI is InChI=1S/C32H28N2O3/c1-33-27-15-9-8-12-23(27)26-20-22(16-17-28(26)33)30-29(32(36)37-2)24-13-6-7-14-25(24)31(35)34(30)19-18-21-10-4-3-5-11-21/h3-17,20,29-30H,18-19H2,1-2H3/t29-,30-/m1/s1. The fraction of sp³-hybridized carbons (Fsp3) is 0.188. The molecular weight excluding hydrogens is 460 g/mol. The number of hydrogen-bond acceptors (Lipinski definition) is 3. The molecule has 0 fully saturated rings. The van der Waals surface area contributed by atoms with E-state index in [1.165, 1.54) is 7.11 Å². The Morgan fingerprint density at radius 3 is 2.35 bits per heavy atom. The zero-order valence-corrected chi connectivity index (χ0v) is 20.9. The van der Waals surface area contributed by atoms with Crippen LogP contribution in [0.4, 0.5) is 0 Å². The van der Waals surface area contributed by atoms with Crippen molar-refractivity contribution in [2.75, 3.05) is 13.7 Å². The number of aromatic nitrogens is 1. The Bertz CT molecular complexity index is 1640. The Balaban J connectivity index is 1.54. The Morgan fingerprint density at radius 1 is 0.838 bits per heavy atom. The summed E-state index contributed by atoms with van der Waals surface area (Å²) < 4.78 is 7.51.